The zero-order valence-corrected chi connectivity index (χ0v) is 14.5. The fourth-order valence-corrected chi connectivity index (χ4v) is 3.24. The Kier molecular flexibility index (Phi) is 5.38. The topological polar surface area (TPSA) is 54.7 Å². The molecule has 0 saturated carbocycles. The van der Waals surface area contributed by atoms with Crippen LogP contribution in [0.1, 0.15) is 24.4 Å². The molecule has 0 spiro atoms. The molecule has 2 aromatic rings. The Bertz CT molecular complexity index is 714. The number of ether oxygens (including phenoxy) is 1. The van der Waals surface area contributed by atoms with Crippen molar-refractivity contribution < 1.29 is 18.3 Å². The van der Waals surface area contributed by atoms with Crippen LogP contribution in [0.4, 0.5) is 4.39 Å². The first-order valence-corrected chi connectivity index (χ1v) is 8.45. The van der Waals surface area contributed by atoms with Crippen molar-refractivity contribution in [3.05, 3.63) is 53.7 Å². The smallest absolute Gasteiger partial charge is 0.217 e. The van der Waals surface area contributed by atoms with Crippen molar-refractivity contribution in [3.63, 3.8) is 0 Å². The fraction of sp³-hybridized carbons (Fsp3) is 0.421. The van der Waals surface area contributed by atoms with Crippen molar-refractivity contribution in [3.8, 4) is 5.75 Å². The molecule has 5 nitrogen and oxygen atoms in total. The van der Waals surface area contributed by atoms with Gasteiger partial charge in [0.25, 0.3) is 0 Å². The minimum atomic E-state index is -0.276. The van der Waals surface area contributed by atoms with Gasteiger partial charge in [0.05, 0.1) is 12.0 Å². The molecular formula is C19H23FN2O3. The number of carbonyl (C=O) groups excluding carboxylic acids is 1. The van der Waals surface area contributed by atoms with Crippen LogP contribution in [0, 0.1) is 12.7 Å². The van der Waals surface area contributed by atoms with E-state index in [1.807, 2.05) is 19.1 Å². The van der Waals surface area contributed by atoms with Gasteiger partial charge in [-0.15, -0.1) is 0 Å². The molecule has 1 aromatic heterocycles. The highest BCUT2D eigenvalue weighted by Crippen LogP contribution is 2.29. The van der Waals surface area contributed by atoms with Gasteiger partial charge in [-0.2, -0.15) is 0 Å². The third kappa shape index (κ3) is 4.60. The van der Waals surface area contributed by atoms with E-state index in [0.29, 0.717) is 12.4 Å². The van der Waals surface area contributed by atoms with Crippen LogP contribution < -0.4 is 10.1 Å². The average molecular weight is 346 g/mol. The summed E-state index contributed by atoms with van der Waals surface area (Å²) >= 11 is 0. The van der Waals surface area contributed by atoms with Crippen molar-refractivity contribution in [2.24, 2.45) is 0 Å². The molecule has 3 rings (SSSR count). The molecular weight excluding hydrogens is 323 g/mol. The van der Waals surface area contributed by atoms with Gasteiger partial charge in [0.1, 0.15) is 29.7 Å². The third-order valence-electron chi connectivity index (χ3n) is 4.40. The van der Waals surface area contributed by atoms with Crippen LogP contribution in [0.5, 0.6) is 5.75 Å². The predicted molar refractivity (Wildman–Crippen MR) is 92.1 cm³/mol. The summed E-state index contributed by atoms with van der Waals surface area (Å²) in [5.74, 6) is 2.23. The summed E-state index contributed by atoms with van der Waals surface area (Å²) < 4.78 is 24.3. The Hall–Kier alpha value is -2.34. The van der Waals surface area contributed by atoms with Gasteiger partial charge in [0.15, 0.2) is 0 Å². The Labute approximate surface area is 146 Å². The Morgan fingerprint density at radius 1 is 1.28 bits per heavy atom. The highest BCUT2D eigenvalue weighted by molar-refractivity contribution is 5.73. The number of amides is 1. The molecule has 25 heavy (non-hydrogen) atoms. The quantitative estimate of drug-likeness (QED) is 0.874. The van der Waals surface area contributed by atoms with E-state index >= 15 is 0 Å². The molecule has 0 bridgehead atoms. The van der Waals surface area contributed by atoms with E-state index in [-0.39, 0.29) is 23.7 Å². The van der Waals surface area contributed by atoms with Crippen LogP contribution in [-0.4, -0.2) is 43.1 Å². The average Bonchev–Trinajstić information content (AvgIpc) is 3.15. The minimum Gasteiger partial charge on any atom is -0.492 e. The van der Waals surface area contributed by atoms with Gasteiger partial charge < -0.3 is 14.5 Å². The zero-order valence-electron chi connectivity index (χ0n) is 14.5. The number of rotatable bonds is 6. The van der Waals surface area contributed by atoms with E-state index in [1.54, 1.807) is 12.1 Å². The summed E-state index contributed by atoms with van der Waals surface area (Å²) in [6, 6.07) is 9.95. The summed E-state index contributed by atoms with van der Waals surface area (Å²) in [7, 11) is 0. The lowest BCUT2D eigenvalue weighted by Gasteiger charge is -2.17. The van der Waals surface area contributed by atoms with Crippen LogP contribution in [0.2, 0.25) is 0 Å². The molecule has 0 radical (unpaired) electrons. The normalized spacial score (nSPS) is 20.6. The Morgan fingerprint density at radius 3 is 2.68 bits per heavy atom. The molecule has 1 aliphatic rings. The van der Waals surface area contributed by atoms with E-state index in [1.165, 1.54) is 19.1 Å². The van der Waals surface area contributed by atoms with Gasteiger partial charge in [-0.05, 0) is 43.3 Å². The number of benzene rings is 1. The summed E-state index contributed by atoms with van der Waals surface area (Å²) in [5.41, 5.74) is 0. The maximum absolute atomic E-state index is 12.9. The van der Waals surface area contributed by atoms with Gasteiger partial charge in [-0.1, -0.05) is 0 Å². The van der Waals surface area contributed by atoms with Crippen LogP contribution in [-0.2, 0) is 4.79 Å². The van der Waals surface area contributed by atoms with E-state index in [4.69, 9.17) is 9.15 Å². The van der Waals surface area contributed by atoms with E-state index in [2.05, 4.69) is 10.2 Å². The highest BCUT2D eigenvalue weighted by Gasteiger charge is 2.36. The van der Waals surface area contributed by atoms with Crippen LogP contribution in [0.25, 0.3) is 0 Å². The number of furan rings is 1. The van der Waals surface area contributed by atoms with Crippen molar-refractivity contribution in [1.29, 1.82) is 0 Å². The number of aryl methyl sites for hydroxylation is 1. The number of nitrogens with zero attached hydrogens (tertiary/aromatic N) is 1. The second-order valence-corrected chi connectivity index (χ2v) is 6.42. The maximum atomic E-state index is 12.9. The largest absolute Gasteiger partial charge is 0.492 e. The molecule has 1 fully saturated rings. The number of halogens is 1. The van der Waals surface area contributed by atoms with Gasteiger partial charge in [0.2, 0.25) is 5.91 Å². The first-order valence-electron chi connectivity index (χ1n) is 8.45. The van der Waals surface area contributed by atoms with Crippen molar-refractivity contribution >= 4 is 5.91 Å². The summed E-state index contributed by atoms with van der Waals surface area (Å²) in [5, 5.41) is 3.02. The summed E-state index contributed by atoms with van der Waals surface area (Å²) in [6.45, 7) is 6.22. The number of carbonyl (C=O) groups is 1. The van der Waals surface area contributed by atoms with Gasteiger partial charge in [0, 0.05) is 26.6 Å². The molecule has 0 unspecified atom stereocenters. The Balaban J connectivity index is 1.57. The number of nitrogens with one attached hydrogen (secondary N) is 1. The maximum Gasteiger partial charge on any atom is 0.217 e. The molecule has 1 aromatic carbocycles. The lowest BCUT2D eigenvalue weighted by atomic mass is 10.0. The van der Waals surface area contributed by atoms with Crippen molar-refractivity contribution in [2.75, 3.05) is 26.2 Å². The van der Waals surface area contributed by atoms with Gasteiger partial charge >= 0.3 is 0 Å². The lowest BCUT2D eigenvalue weighted by molar-refractivity contribution is -0.119. The van der Waals surface area contributed by atoms with Crippen LogP contribution in [0.3, 0.4) is 0 Å². The first-order chi connectivity index (χ1) is 12.0. The van der Waals surface area contributed by atoms with E-state index in [9.17, 15) is 9.18 Å². The SMILES string of the molecule is CC(=O)N[C@@H]1CN(CCOc2ccc(F)cc2)C[C@H]1c1ccc(C)o1. The number of likely N-dealkylation sites (tertiary alicyclic amines) is 1. The molecule has 6 heteroatoms. The van der Waals surface area contributed by atoms with Crippen molar-refractivity contribution in [1.82, 2.24) is 10.2 Å². The second kappa shape index (κ2) is 7.70. The molecule has 1 aliphatic heterocycles. The van der Waals surface area contributed by atoms with Gasteiger partial charge in [-0.25, -0.2) is 4.39 Å². The molecule has 134 valence electrons. The van der Waals surface area contributed by atoms with E-state index in [0.717, 1.165) is 31.2 Å². The Morgan fingerprint density at radius 2 is 2.04 bits per heavy atom. The molecule has 1 amide bonds. The second-order valence-electron chi connectivity index (χ2n) is 6.42. The molecule has 2 atom stereocenters. The first kappa shape index (κ1) is 17.5. The molecule has 0 aliphatic carbocycles. The highest BCUT2D eigenvalue weighted by atomic mass is 19.1. The molecule has 1 saturated heterocycles. The molecule has 1 N–H and O–H groups in total. The summed E-state index contributed by atoms with van der Waals surface area (Å²) in [4.78, 5) is 13.7. The lowest BCUT2D eigenvalue weighted by Crippen LogP contribution is -2.38. The number of hydrogen-bond donors (Lipinski definition) is 1. The minimum absolute atomic E-state index is 0.0221. The summed E-state index contributed by atoms with van der Waals surface area (Å²) in [6.07, 6.45) is 0. The number of hydrogen-bond acceptors (Lipinski definition) is 4. The fourth-order valence-electron chi connectivity index (χ4n) is 3.24. The van der Waals surface area contributed by atoms with Crippen LogP contribution in [0.15, 0.2) is 40.8 Å². The monoisotopic (exact) mass is 346 g/mol. The van der Waals surface area contributed by atoms with Crippen LogP contribution >= 0.6 is 0 Å². The zero-order chi connectivity index (χ0) is 17.8. The van der Waals surface area contributed by atoms with Gasteiger partial charge in [-0.3, -0.25) is 9.69 Å². The van der Waals surface area contributed by atoms with Crippen molar-refractivity contribution in [2.45, 2.75) is 25.8 Å². The van der Waals surface area contributed by atoms with E-state index < -0.39 is 0 Å². The molecule has 2 heterocycles. The third-order valence-corrected chi connectivity index (χ3v) is 4.40. The predicted octanol–water partition coefficient (Wildman–Crippen LogP) is 2.71. The standard InChI is InChI=1S/C19H23FN2O3/c1-13-3-8-19(25-13)17-11-22(12-18(17)21-14(2)23)9-10-24-16-6-4-15(20)5-7-16/h3-8,17-18H,9-12H2,1-2H3,(H,21,23)/t17-,18-/m1/s1.